The fourth-order valence-corrected chi connectivity index (χ4v) is 3.11. The summed E-state index contributed by atoms with van der Waals surface area (Å²) >= 11 is 3.30. The zero-order valence-corrected chi connectivity index (χ0v) is 15.9. The van der Waals surface area contributed by atoms with Crippen molar-refractivity contribution in [2.75, 3.05) is 10.3 Å². The third-order valence-corrected chi connectivity index (χ3v) is 4.36. The van der Waals surface area contributed by atoms with Crippen LogP contribution in [-0.4, -0.2) is 22.2 Å². The molecule has 0 spiro atoms. The molecule has 0 aliphatic carbocycles. The molecule has 0 bridgehead atoms. The number of halogens is 4. The monoisotopic (exact) mass is 427 g/mol. The first-order valence-electron chi connectivity index (χ1n) is 7.83. The van der Waals surface area contributed by atoms with Crippen LogP contribution in [0.25, 0.3) is 0 Å². The van der Waals surface area contributed by atoms with Crippen molar-refractivity contribution in [3.63, 3.8) is 0 Å². The minimum absolute atomic E-state index is 0.290. The molecular formula is C17H17BrF3N5. The number of anilines is 3. The fraction of sp³-hybridized carbons (Fsp3) is 0.294. The summed E-state index contributed by atoms with van der Waals surface area (Å²) < 4.78 is 39.4. The highest BCUT2D eigenvalue weighted by Gasteiger charge is 2.43. The normalized spacial score (nSPS) is 17.4. The van der Waals surface area contributed by atoms with Crippen molar-refractivity contribution >= 4 is 33.4 Å². The first-order chi connectivity index (χ1) is 12.1. The average molecular weight is 428 g/mol. The van der Waals surface area contributed by atoms with Crippen LogP contribution in [0, 0.1) is 13.8 Å². The highest BCUT2D eigenvalue weighted by atomic mass is 79.9. The molecule has 1 aliphatic heterocycles. The number of alkyl halides is 3. The van der Waals surface area contributed by atoms with E-state index in [9.17, 15) is 13.2 Å². The van der Waals surface area contributed by atoms with Crippen molar-refractivity contribution in [1.82, 2.24) is 15.4 Å². The maximum absolute atomic E-state index is 13.0. The molecule has 1 aliphatic rings. The van der Waals surface area contributed by atoms with Gasteiger partial charge in [-0.3, -0.25) is 5.01 Å². The second-order valence-electron chi connectivity index (χ2n) is 6.16. The highest BCUT2D eigenvalue weighted by molar-refractivity contribution is 9.10. The Hall–Kier alpha value is -2.13. The Kier molecular flexibility index (Phi) is 4.94. The van der Waals surface area contributed by atoms with Crippen LogP contribution in [0.2, 0.25) is 0 Å². The van der Waals surface area contributed by atoms with Crippen molar-refractivity contribution in [2.24, 2.45) is 0 Å². The number of allylic oxidation sites excluding steroid dienone is 1. The molecule has 0 saturated carbocycles. The number of aryl methyl sites for hydroxylation is 2. The van der Waals surface area contributed by atoms with Crippen molar-refractivity contribution in [3.05, 3.63) is 51.8 Å². The van der Waals surface area contributed by atoms with Gasteiger partial charge in [0, 0.05) is 17.6 Å². The summed E-state index contributed by atoms with van der Waals surface area (Å²) in [4.78, 5) is 8.55. The molecule has 1 unspecified atom stereocenters. The number of hydrogen-bond acceptors (Lipinski definition) is 5. The van der Waals surface area contributed by atoms with Crippen LogP contribution in [0.3, 0.4) is 0 Å². The van der Waals surface area contributed by atoms with Crippen molar-refractivity contribution in [2.45, 2.75) is 33.0 Å². The minimum Gasteiger partial charge on any atom is -0.324 e. The molecular weight excluding hydrogens is 411 g/mol. The molecule has 0 fully saturated rings. The highest BCUT2D eigenvalue weighted by Crippen LogP contribution is 2.33. The van der Waals surface area contributed by atoms with Gasteiger partial charge in [-0.15, -0.1) is 0 Å². The number of hydrazine groups is 1. The van der Waals surface area contributed by atoms with Crippen LogP contribution in [0.5, 0.6) is 0 Å². The summed E-state index contributed by atoms with van der Waals surface area (Å²) in [7, 11) is 0. The SMILES string of the molecule is CC1=CC(C(F)(F)F)NN1c1nc(Nc2cc(C)cc(C)c2)ncc1Br. The molecule has 138 valence electrons. The van der Waals surface area contributed by atoms with Gasteiger partial charge in [0.2, 0.25) is 5.95 Å². The van der Waals surface area contributed by atoms with Crippen LogP contribution in [0.4, 0.5) is 30.6 Å². The number of aromatic nitrogens is 2. The zero-order chi connectivity index (χ0) is 19.1. The lowest BCUT2D eigenvalue weighted by atomic mass is 10.1. The van der Waals surface area contributed by atoms with Gasteiger partial charge in [-0.1, -0.05) is 6.07 Å². The molecule has 3 rings (SSSR count). The molecule has 26 heavy (non-hydrogen) atoms. The number of benzene rings is 1. The smallest absolute Gasteiger partial charge is 0.324 e. The Morgan fingerprint density at radius 2 is 1.81 bits per heavy atom. The molecule has 2 heterocycles. The van der Waals surface area contributed by atoms with E-state index in [1.807, 2.05) is 32.0 Å². The van der Waals surface area contributed by atoms with E-state index in [0.29, 0.717) is 21.9 Å². The molecule has 1 aromatic heterocycles. The molecule has 5 nitrogen and oxygen atoms in total. The Balaban J connectivity index is 1.88. The molecule has 1 atom stereocenters. The summed E-state index contributed by atoms with van der Waals surface area (Å²) in [6, 6.07) is 4.17. The van der Waals surface area contributed by atoms with E-state index in [-0.39, 0.29) is 0 Å². The predicted molar refractivity (Wildman–Crippen MR) is 98.1 cm³/mol. The minimum atomic E-state index is -4.38. The maximum atomic E-state index is 13.0. The van der Waals surface area contributed by atoms with E-state index in [0.717, 1.165) is 22.9 Å². The Morgan fingerprint density at radius 1 is 1.15 bits per heavy atom. The number of nitrogens with one attached hydrogen (secondary N) is 2. The second-order valence-corrected chi connectivity index (χ2v) is 7.01. The first kappa shape index (κ1) is 18.7. The lowest BCUT2D eigenvalue weighted by molar-refractivity contribution is -0.142. The van der Waals surface area contributed by atoms with Gasteiger partial charge in [0.05, 0.1) is 4.47 Å². The molecule has 0 radical (unpaired) electrons. The van der Waals surface area contributed by atoms with Gasteiger partial charge in [0.25, 0.3) is 0 Å². The topological polar surface area (TPSA) is 53.1 Å². The lowest BCUT2D eigenvalue weighted by Crippen LogP contribution is -2.45. The molecule has 2 aromatic rings. The van der Waals surface area contributed by atoms with Crippen LogP contribution in [-0.2, 0) is 0 Å². The van der Waals surface area contributed by atoms with Crippen LogP contribution >= 0.6 is 15.9 Å². The van der Waals surface area contributed by atoms with Gasteiger partial charge < -0.3 is 5.32 Å². The van der Waals surface area contributed by atoms with Gasteiger partial charge in [-0.05, 0) is 66.0 Å². The van der Waals surface area contributed by atoms with E-state index in [1.165, 1.54) is 11.2 Å². The van der Waals surface area contributed by atoms with Crippen molar-refractivity contribution in [3.8, 4) is 0 Å². The number of nitrogens with zero attached hydrogens (tertiary/aromatic N) is 3. The summed E-state index contributed by atoms with van der Waals surface area (Å²) in [5, 5.41) is 4.40. The zero-order valence-electron chi connectivity index (χ0n) is 14.3. The fourth-order valence-electron chi connectivity index (χ4n) is 2.74. The third kappa shape index (κ3) is 3.99. The second kappa shape index (κ2) is 6.88. The third-order valence-electron chi connectivity index (χ3n) is 3.80. The van der Waals surface area contributed by atoms with Gasteiger partial charge >= 0.3 is 6.18 Å². The molecule has 9 heteroatoms. The van der Waals surface area contributed by atoms with Crippen LogP contribution in [0.15, 0.2) is 40.6 Å². The molecule has 1 aromatic carbocycles. The standard InChI is InChI=1S/C17H17BrF3N5/c1-9-4-10(2)6-12(5-9)23-16-22-8-13(18)15(24-16)26-11(3)7-14(25-26)17(19,20)21/h4-8,14,25H,1-3H3,(H,22,23,24). The Bertz CT molecular complexity index is 846. The van der Waals surface area contributed by atoms with E-state index in [2.05, 4.69) is 36.6 Å². The first-order valence-corrected chi connectivity index (χ1v) is 8.62. The molecule has 2 N–H and O–H groups in total. The van der Waals surface area contributed by atoms with Gasteiger partial charge in [-0.25, -0.2) is 10.4 Å². The summed E-state index contributed by atoms with van der Waals surface area (Å²) in [6.07, 6.45) is -1.76. The summed E-state index contributed by atoms with van der Waals surface area (Å²) in [6.45, 7) is 5.54. The van der Waals surface area contributed by atoms with E-state index in [4.69, 9.17) is 0 Å². The van der Waals surface area contributed by atoms with Crippen LogP contribution < -0.4 is 15.8 Å². The van der Waals surface area contributed by atoms with Gasteiger partial charge in [0.15, 0.2) is 5.82 Å². The summed E-state index contributed by atoms with van der Waals surface area (Å²) in [5.74, 6) is 0.589. The largest absolute Gasteiger partial charge is 0.409 e. The van der Waals surface area contributed by atoms with Crippen molar-refractivity contribution < 1.29 is 13.2 Å². The summed E-state index contributed by atoms with van der Waals surface area (Å²) in [5.41, 5.74) is 5.79. The van der Waals surface area contributed by atoms with Crippen molar-refractivity contribution in [1.29, 1.82) is 0 Å². The van der Waals surface area contributed by atoms with Gasteiger partial charge in [0.1, 0.15) is 6.04 Å². The molecule has 0 amide bonds. The van der Waals surface area contributed by atoms with E-state index < -0.39 is 12.2 Å². The van der Waals surface area contributed by atoms with Crippen LogP contribution in [0.1, 0.15) is 18.1 Å². The quantitative estimate of drug-likeness (QED) is 0.739. The maximum Gasteiger partial charge on any atom is 0.409 e. The Morgan fingerprint density at radius 3 is 2.38 bits per heavy atom. The van der Waals surface area contributed by atoms with E-state index >= 15 is 0 Å². The van der Waals surface area contributed by atoms with E-state index in [1.54, 1.807) is 6.92 Å². The number of hydrogen-bond donors (Lipinski definition) is 2. The number of rotatable bonds is 3. The Labute approximate surface area is 157 Å². The lowest BCUT2D eigenvalue weighted by Gasteiger charge is -2.23. The average Bonchev–Trinajstić information content (AvgIpc) is 2.90. The van der Waals surface area contributed by atoms with Gasteiger partial charge in [-0.2, -0.15) is 18.2 Å². The predicted octanol–water partition coefficient (Wildman–Crippen LogP) is 4.76. The molecule has 0 saturated heterocycles.